The number of hydrogen-bond donors (Lipinski definition) is 1. The molecule has 0 aliphatic carbocycles. The zero-order valence-corrected chi connectivity index (χ0v) is 5.72. The Labute approximate surface area is 54.7 Å². The minimum Gasteiger partial charge on any atom is -0.467 e. The standard InChI is InChI=1S/C7H11NO/c1-5-3-4-9-7(5)6(2)8/h3-4,6H,8H2,1-2H3. The number of hydrogen-bond acceptors (Lipinski definition) is 2. The molecule has 0 amide bonds. The summed E-state index contributed by atoms with van der Waals surface area (Å²) in [6, 6.07) is 1.93. The summed E-state index contributed by atoms with van der Waals surface area (Å²) in [5.74, 6) is 0.884. The lowest BCUT2D eigenvalue weighted by Gasteiger charge is -1.99. The maximum atomic E-state index is 5.57. The Kier molecular flexibility index (Phi) is 1.58. The van der Waals surface area contributed by atoms with Gasteiger partial charge in [-0.15, -0.1) is 0 Å². The van der Waals surface area contributed by atoms with Gasteiger partial charge in [0.15, 0.2) is 0 Å². The first-order chi connectivity index (χ1) is 4.22. The van der Waals surface area contributed by atoms with Gasteiger partial charge in [0.1, 0.15) is 5.76 Å². The van der Waals surface area contributed by atoms with Crippen molar-refractivity contribution >= 4 is 0 Å². The fourth-order valence-corrected chi connectivity index (χ4v) is 0.851. The zero-order valence-electron chi connectivity index (χ0n) is 5.72. The van der Waals surface area contributed by atoms with Crippen LogP contribution in [0.25, 0.3) is 0 Å². The third-order valence-electron chi connectivity index (χ3n) is 1.32. The maximum Gasteiger partial charge on any atom is 0.123 e. The van der Waals surface area contributed by atoms with Gasteiger partial charge in [-0.25, -0.2) is 0 Å². The molecule has 9 heavy (non-hydrogen) atoms. The lowest BCUT2D eigenvalue weighted by molar-refractivity contribution is 0.477. The molecule has 0 spiro atoms. The average Bonchev–Trinajstić information content (AvgIpc) is 2.13. The van der Waals surface area contributed by atoms with Crippen LogP contribution in [0, 0.1) is 6.92 Å². The molecule has 1 unspecified atom stereocenters. The Bertz CT molecular complexity index is 191. The second-order valence-electron chi connectivity index (χ2n) is 2.26. The molecule has 0 saturated heterocycles. The molecule has 0 aromatic carbocycles. The highest BCUT2D eigenvalue weighted by Crippen LogP contribution is 2.14. The predicted octanol–water partition coefficient (Wildman–Crippen LogP) is 1.61. The first kappa shape index (κ1) is 6.36. The Hall–Kier alpha value is -0.760. The fourth-order valence-electron chi connectivity index (χ4n) is 0.851. The zero-order chi connectivity index (χ0) is 6.85. The fraction of sp³-hybridized carbons (Fsp3) is 0.429. The van der Waals surface area contributed by atoms with Crippen molar-refractivity contribution in [2.24, 2.45) is 5.73 Å². The van der Waals surface area contributed by atoms with Crippen LogP contribution in [-0.4, -0.2) is 0 Å². The topological polar surface area (TPSA) is 39.2 Å². The predicted molar refractivity (Wildman–Crippen MR) is 36.0 cm³/mol. The molecule has 2 N–H and O–H groups in total. The first-order valence-electron chi connectivity index (χ1n) is 3.01. The van der Waals surface area contributed by atoms with Crippen LogP contribution in [0.2, 0.25) is 0 Å². The molecule has 50 valence electrons. The van der Waals surface area contributed by atoms with E-state index in [1.807, 2.05) is 19.9 Å². The first-order valence-corrected chi connectivity index (χ1v) is 3.01. The highest BCUT2D eigenvalue weighted by atomic mass is 16.3. The van der Waals surface area contributed by atoms with E-state index in [0.717, 1.165) is 11.3 Å². The number of nitrogens with two attached hydrogens (primary N) is 1. The third kappa shape index (κ3) is 1.13. The van der Waals surface area contributed by atoms with E-state index in [0.29, 0.717) is 0 Å². The third-order valence-corrected chi connectivity index (χ3v) is 1.32. The Morgan fingerprint density at radius 3 is 2.56 bits per heavy atom. The van der Waals surface area contributed by atoms with Gasteiger partial charge < -0.3 is 10.2 Å². The van der Waals surface area contributed by atoms with Gasteiger partial charge in [-0.05, 0) is 25.5 Å². The molecular formula is C7H11NO. The molecule has 0 radical (unpaired) electrons. The van der Waals surface area contributed by atoms with Crippen LogP contribution in [0.3, 0.4) is 0 Å². The summed E-state index contributed by atoms with van der Waals surface area (Å²) in [7, 11) is 0. The highest BCUT2D eigenvalue weighted by Gasteiger charge is 2.04. The largest absolute Gasteiger partial charge is 0.467 e. The van der Waals surface area contributed by atoms with Crippen molar-refractivity contribution in [2.75, 3.05) is 0 Å². The van der Waals surface area contributed by atoms with Gasteiger partial charge in [-0.2, -0.15) is 0 Å². The summed E-state index contributed by atoms with van der Waals surface area (Å²) in [6.07, 6.45) is 1.66. The van der Waals surface area contributed by atoms with Crippen molar-refractivity contribution in [1.82, 2.24) is 0 Å². The van der Waals surface area contributed by atoms with Gasteiger partial charge in [0, 0.05) is 0 Å². The number of aryl methyl sites for hydroxylation is 1. The SMILES string of the molecule is Cc1ccoc1C(C)N. The number of rotatable bonds is 1. The van der Waals surface area contributed by atoms with E-state index >= 15 is 0 Å². The minimum atomic E-state index is 0.0139. The molecule has 1 atom stereocenters. The van der Waals surface area contributed by atoms with E-state index in [1.54, 1.807) is 6.26 Å². The van der Waals surface area contributed by atoms with Crippen molar-refractivity contribution in [3.05, 3.63) is 23.7 Å². The van der Waals surface area contributed by atoms with E-state index in [2.05, 4.69) is 0 Å². The smallest absolute Gasteiger partial charge is 0.123 e. The second kappa shape index (κ2) is 2.23. The van der Waals surface area contributed by atoms with E-state index in [-0.39, 0.29) is 6.04 Å². The molecule has 1 heterocycles. The van der Waals surface area contributed by atoms with E-state index in [4.69, 9.17) is 10.2 Å². The van der Waals surface area contributed by atoms with Crippen LogP contribution in [0.5, 0.6) is 0 Å². The molecular weight excluding hydrogens is 114 g/mol. The normalized spacial score (nSPS) is 13.7. The molecule has 1 aromatic rings. The van der Waals surface area contributed by atoms with Crippen LogP contribution in [0.15, 0.2) is 16.7 Å². The Morgan fingerprint density at radius 2 is 2.33 bits per heavy atom. The van der Waals surface area contributed by atoms with Crippen LogP contribution >= 0.6 is 0 Å². The summed E-state index contributed by atoms with van der Waals surface area (Å²) in [6.45, 7) is 3.90. The molecule has 1 rings (SSSR count). The Morgan fingerprint density at radius 1 is 1.67 bits per heavy atom. The van der Waals surface area contributed by atoms with Crippen LogP contribution in [0.4, 0.5) is 0 Å². The Balaban J connectivity index is 2.94. The molecule has 0 bridgehead atoms. The van der Waals surface area contributed by atoms with Gasteiger partial charge >= 0.3 is 0 Å². The van der Waals surface area contributed by atoms with Crippen molar-refractivity contribution in [3.8, 4) is 0 Å². The molecule has 1 aromatic heterocycles. The van der Waals surface area contributed by atoms with Crippen molar-refractivity contribution in [1.29, 1.82) is 0 Å². The molecule has 0 aliphatic rings. The van der Waals surface area contributed by atoms with Crippen LogP contribution < -0.4 is 5.73 Å². The molecule has 0 saturated carbocycles. The number of furan rings is 1. The lowest BCUT2D eigenvalue weighted by atomic mass is 10.2. The van der Waals surface area contributed by atoms with Gasteiger partial charge in [0.2, 0.25) is 0 Å². The van der Waals surface area contributed by atoms with E-state index in [9.17, 15) is 0 Å². The van der Waals surface area contributed by atoms with Gasteiger partial charge in [0.05, 0.1) is 12.3 Å². The van der Waals surface area contributed by atoms with Crippen LogP contribution in [-0.2, 0) is 0 Å². The van der Waals surface area contributed by atoms with Crippen molar-refractivity contribution < 1.29 is 4.42 Å². The summed E-state index contributed by atoms with van der Waals surface area (Å²) >= 11 is 0. The quantitative estimate of drug-likeness (QED) is 0.619. The molecule has 0 aliphatic heterocycles. The summed E-state index contributed by atoms with van der Waals surface area (Å²) in [5.41, 5.74) is 6.69. The maximum absolute atomic E-state index is 5.57. The van der Waals surface area contributed by atoms with Crippen molar-refractivity contribution in [2.45, 2.75) is 19.9 Å². The molecule has 2 heteroatoms. The summed E-state index contributed by atoms with van der Waals surface area (Å²) in [5, 5.41) is 0. The van der Waals surface area contributed by atoms with E-state index < -0.39 is 0 Å². The lowest BCUT2D eigenvalue weighted by Crippen LogP contribution is -2.04. The van der Waals surface area contributed by atoms with Crippen LogP contribution in [0.1, 0.15) is 24.3 Å². The van der Waals surface area contributed by atoms with E-state index in [1.165, 1.54) is 0 Å². The average molecular weight is 125 g/mol. The summed E-state index contributed by atoms with van der Waals surface area (Å²) < 4.78 is 5.10. The van der Waals surface area contributed by atoms with Gasteiger partial charge in [-0.1, -0.05) is 0 Å². The summed E-state index contributed by atoms with van der Waals surface area (Å²) in [4.78, 5) is 0. The van der Waals surface area contributed by atoms with Crippen molar-refractivity contribution in [3.63, 3.8) is 0 Å². The highest BCUT2D eigenvalue weighted by molar-refractivity contribution is 5.16. The minimum absolute atomic E-state index is 0.0139. The monoisotopic (exact) mass is 125 g/mol. The second-order valence-corrected chi connectivity index (χ2v) is 2.26. The van der Waals surface area contributed by atoms with Gasteiger partial charge in [-0.3, -0.25) is 0 Å². The molecule has 2 nitrogen and oxygen atoms in total. The van der Waals surface area contributed by atoms with Gasteiger partial charge in [0.25, 0.3) is 0 Å². The molecule has 0 fully saturated rings.